The number of halogens is 4. The molecule has 0 unspecified atom stereocenters. The number of benzene rings is 1. The second kappa shape index (κ2) is 6.36. The number of hydrogen-bond donors (Lipinski definition) is 3. The van der Waals surface area contributed by atoms with E-state index >= 15 is 0 Å². The van der Waals surface area contributed by atoms with Crippen LogP contribution in [-0.2, 0) is 0 Å². The van der Waals surface area contributed by atoms with E-state index in [0.29, 0.717) is 0 Å². The van der Waals surface area contributed by atoms with Gasteiger partial charge >= 0.3 is 0 Å². The van der Waals surface area contributed by atoms with Crippen LogP contribution in [0, 0.1) is 23.3 Å². The summed E-state index contributed by atoms with van der Waals surface area (Å²) in [4.78, 5) is 11.8. The van der Waals surface area contributed by atoms with Gasteiger partial charge in [0.1, 0.15) is 5.56 Å². The number of aromatic hydroxyl groups is 1. The molecule has 1 aromatic carbocycles. The first-order valence-corrected chi connectivity index (χ1v) is 7.27. The van der Waals surface area contributed by atoms with Gasteiger partial charge in [-0.3, -0.25) is 4.79 Å². The molecule has 2 N–H and O–H groups in total. The summed E-state index contributed by atoms with van der Waals surface area (Å²) in [6.45, 7) is 0.0257. The summed E-state index contributed by atoms with van der Waals surface area (Å²) in [5.74, 6) is -10.9. The van der Waals surface area contributed by atoms with Gasteiger partial charge < -0.3 is 10.4 Å². The summed E-state index contributed by atoms with van der Waals surface area (Å²) >= 11 is 4.46. The molecular formula is C14H15F4NO2S. The second-order valence-electron chi connectivity index (χ2n) is 5.45. The molecule has 0 saturated heterocycles. The summed E-state index contributed by atoms with van der Waals surface area (Å²) in [6, 6.07) is 0. The summed E-state index contributed by atoms with van der Waals surface area (Å²) in [5, 5.41) is 11.1. The van der Waals surface area contributed by atoms with Crippen molar-refractivity contribution < 1.29 is 27.5 Å². The van der Waals surface area contributed by atoms with Crippen molar-refractivity contribution in [2.24, 2.45) is 0 Å². The van der Waals surface area contributed by atoms with E-state index in [9.17, 15) is 22.4 Å². The zero-order chi connectivity index (χ0) is 16.5. The highest BCUT2D eigenvalue weighted by Gasteiger charge is 2.32. The van der Waals surface area contributed by atoms with E-state index in [1.807, 2.05) is 0 Å². The van der Waals surface area contributed by atoms with Crippen molar-refractivity contribution >= 4 is 18.5 Å². The average molecular weight is 337 g/mol. The van der Waals surface area contributed by atoms with Gasteiger partial charge in [0, 0.05) is 11.3 Å². The molecule has 0 atom stereocenters. The molecule has 22 heavy (non-hydrogen) atoms. The minimum absolute atomic E-state index is 0.0257. The second-order valence-corrected chi connectivity index (χ2v) is 6.40. The quantitative estimate of drug-likeness (QED) is 0.450. The SMILES string of the molecule is O=C(NCC1(S)CCCCC1)c1c(F)c(F)c(O)c(F)c1F. The van der Waals surface area contributed by atoms with Crippen LogP contribution in [0.3, 0.4) is 0 Å². The van der Waals surface area contributed by atoms with Gasteiger partial charge in [0.15, 0.2) is 17.4 Å². The Hall–Kier alpha value is -1.44. The van der Waals surface area contributed by atoms with Crippen molar-refractivity contribution in [1.29, 1.82) is 0 Å². The Kier molecular flexibility index (Phi) is 4.89. The smallest absolute Gasteiger partial charge is 0.257 e. The van der Waals surface area contributed by atoms with Crippen LogP contribution in [0.15, 0.2) is 0 Å². The molecule has 2 rings (SSSR count). The Balaban J connectivity index is 2.20. The van der Waals surface area contributed by atoms with Gasteiger partial charge in [-0.05, 0) is 12.8 Å². The normalized spacial score (nSPS) is 17.3. The molecule has 8 heteroatoms. The fraction of sp³-hybridized carbons (Fsp3) is 0.500. The number of phenolic OH excluding ortho intramolecular Hbond substituents is 1. The van der Waals surface area contributed by atoms with E-state index in [0.717, 1.165) is 32.1 Å². The van der Waals surface area contributed by atoms with Crippen LogP contribution < -0.4 is 5.32 Å². The van der Waals surface area contributed by atoms with E-state index in [4.69, 9.17) is 5.11 Å². The Labute approximate surface area is 130 Å². The van der Waals surface area contributed by atoms with Gasteiger partial charge in [-0.25, -0.2) is 8.78 Å². The van der Waals surface area contributed by atoms with Gasteiger partial charge in [0.2, 0.25) is 11.6 Å². The number of nitrogens with one attached hydrogen (secondary N) is 1. The number of thiol groups is 1. The highest BCUT2D eigenvalue weighted by Crippen LogP contribution is 2.33. The molecule has 1 saturated carbocycles. The Morgan fingerprint density at radius 2 is 1.55 bits per heavy atom. The molecule has 0 aliphatic heterocycles. The molecule has 1 fully saturated rings. The van der Waals surface area contributed by atoms with Crippen LogP contribution >= 0.6 is 12.6 Å². The third-order valence-corrected chi connectivity index (χ3v) is 4.43. The van der Waals surface area contributed by atoms with Gasteiger partial charge in [0.25, 0.3) is 5.91 Å². The summed E-state index contributed by atoms with van der Waals surface area (Å²) in [7, 11) is 0. The molecule has 1 aromatic rings. The highest BCUT2D eigenvalue weighted by molar-refractivity contribution is 7.81. The number of amides is 1. The van der Waals surface area contributed by atoms with E-state index < -0.39 is 45.2 Å². The lowest BCUT2D eigenvalue weighted by Crippen LogP contribution is -2.41. The molecule has 0 spiro atoms. The maximum absolute atomic E-state index is 13.6. The zero-order valence-electron chi connectivity index (χ0n) is 11.6. The van der Waals surface area contributed by atoms with Gasteiger partial charge in [-0.15, -0.1) is 0 Å². The predicted octanol–water partition coefficient (Wildman–Crippen LogP) is 3.31. The monoisotopic (exact) mass is 337 g/mol. The average Bonchev–Trinajstić information content (AvgIpc) is 2.50. The van der Waals surface area contributed by atoms with Crippen molar-refractivity contribution in [3.05, 3.63) is 28.8 Å². The van der Waals surface area contributed by atoms with Crippen LogP contribution in [0.25, 0.3) is 0 Å². The van der Waals surface area contributed by atoms with E-state index in [1.54, 1.807) is 0 Å². The molecule has 122 valence electrons. The van der Waals surface area contributed by atoms with Crippen LogP contribution in [0.4, 0.5) is 17.6 Å². The Morgan fingerprint density at radius 1 is 1.05 bits per heavy atom. The van der Waals surface area contributed by atoms with E-state index in [1.165, 1.54) is 0 Å². The van der Waals surface area contributed by atoms with Crippen molar-refractivity contribution in [1.82, 2.24) is 5.32 Å². The molecule has 0 heterocycles. The van der Waals surface area contributed by atoms with Crippen LogP contribution in [0.5, 0.6) is 5.75 Å². The minimum atomic E-state index is -2.00. The fourth-order valence-corrected chi connectivity index (χ4v) is 2.93. The summed E-state index contributed by atoms with van der Waals surface area (Å²) in [5.41, 5.74) is -1.39. The predicted molar refractivity (Wildman–Crippen MR) is 75.1 cm³/mol. The number of carbonyl (C=O) groups is 1. The number of hydrogen-bond acceptors (Lipinski definition) is 3. The lowest BCUT2D eigenvalue weighted by atomic mass is 9.88. The van der Waals surface area contributed by atoms with Gasteiger partial charge in [-0.1, -0.05) is 19.3 Å². The molecule has 3 nitrogen and oxygen atoms in total. The fourth-order valence-electron chi connectivity index (χ4n) is 2.54. The van der Waals surface area contributed by atoms with Crippen LogP contribution in [0.1, 0.15) is 42.5 Å². The number of phenols is 1. The largest absolute Gasteiger partial charge is 0.503 e. The van der Waals surface area contributed by atoms with Crippen molar-refractivity contribution in [2.45, 2.75) is 36.9 Å². The van der Waals surface area contributed by atoms with Crippen molar-refractivity contribution in [3.63, 3.8) is 0 Å². The zero-order valence-corrected chi connectivity index (χ0v) is 12.5. The lowest BCUT2D eigenvalue weighted by Gasteiger charge is -2.32. The van der Waals surface area contributed by atoms with Gasteiger partial charge in [0.05, 0.1) is 0 Å². The van der Waals surface area contributed by atoms with Crippen molar-refractivity contribution in [2.75, 3.05) is 6.54 Å². The molecular weight excluding hydrogens is 322 g/mol. The third-order valence-electron chi connectivity index (χ3n) is 3.83. The summed E-state index contributed by atoms with van der Waals surface area (Å²) in [6.07, 6.45) is 4.34. The lowest BCUT2D eigenvalue weighted by molar-refractivity contribution is 0.0935. The standard InChI is InChI=1S/C14H15F4NO2S/c15-8-7(9(16)11(18)12(20)10(8)17)13(21)19-6-14(22)4-2-1-3-5-14/h20,22H,1-6H2,(H,19,21). The molecule has 0 bridgehead atoms. The number of rotatable bonds is 3. The molecule has 0 radical (unpaired) electrons. The van der Waals surface area contributed by atoms with E-state index in [2.05, 4.69) is 17.9 Å². The van der Waals surface area contributed by atoms with E-state index in [-0.39, 0.29) is 6.54 Å². The minimum Gasteiger partial charge on any atom is -0.503 e. The first-order chi connectivity index (χ1) is 10.3. The highest BCUT2D eigenvalue weighted by atomic mass is 32.1. The Morgan fingerprint density at radius 3 is 2.05 bits per heavy atom. The first-order valence-electron chi connectivity index (χ1n) is 6.82. The van der Waals surface area contributed by atoms with Crippen LogP contribution in [-0.4, -0.2) is 22.3 Å². The molecule has 1 aliphatic rings. The topological polar surface area (TPSA) is 49.3 Å². The first kappa shape index (κ1) is 16.9. The molecule has 1 aliphatic carbocycles. The van der Waals surface area contributed by atoms with Crippen LogP contribution in [0.2, 0.25) is 0 Å². The third kappa shape index (κ3) is 3.16. The maximum atomic E-state index is 13.6. The van der Waals surface area contributed by atoms with Crippen molar-refractivity contribution in [3.8, 4) is 5.75 Å². The molecule has 1 amide bonds. The molecule has 0 aromatic heterocycles. The Bertz CT molecular complexity index is 574. The maximum Gasteiger partial charge on any atom is 0.257 e. The number of carbonyl (C=O) groups excluding carboxylic acids is 1. The summed E-state index contributed by atoms with van der Waals surface area (Å²) < 4.78 is 53.2. The van der Waals surface area contributed by atoms with Gasteiger partial charge in [-0.2, -0.15) is 21.4 Å².